The van der Waals surface area contributed by atoms with Gasteiger partial charge in [-0.1, -0.05) is 0 Å². The van der Waals surface area contributed by atoms with E-state index >= 15 is 0 Å². The molecular formula is C10H14N4O5S. The number of hydrogen-bond acceptors (Lipinski definition) is 7. The van der Waals surface area contributed by atoms with Crippen LogP contribution < -0.4 is 10.0 Å². The Morgan fingerprint density at radius 1 is 1.55 bits per heavy atom. The third kappa shape index (κ3) is 3.70. The number of pyridine rings is 1. The van der Waals surface area contributed by atoms with Crippen molar-refractivity contribution in [3.05, 3.63) is 28.4 Å². The summed E-state index contributed by atoms with van der Waals surface area (Å²) >= 11 is 0. The quantitative estimate of drug-likeness (QED) is 0.542. The number of nitrogens with zero attached hydrogens (tertiary/aromatic N) is 2. The molecule has 2 N–H and O–H groups in total. The van der Waals surface area contributed by atoms with Crippen molar-refractivity contribution in [2.75, 3.05) is 26.3 Å². The Hall–Kier alpha value is -1.62. The zero-order valence-corrected chi connectivity index (χ0v) is 11.3. The summed E-state index contributed by atoms with van der Waals surface area (Å²) in [5, 5.41) is 13.6. The summed E-state index contributed by atoms with van der Waals surface area (Å²) in [6.45, 7) is 1.89. The van der Waals surface area contributed by atoms with E-state index in [2.05, 4.69) is 15.0 Å². The van der Waals surface area contributed by atoms with Crippen LogP contribution in [0.4, 0.5) is 5.82 Å². The lowest BCUT2D eigenvalue weighted by Crippen LogP contribution is -2.48. The molecule has 1 aliphatic rings. The first-order valence-electron chi connectivity index (χ1n) is 5.90. The van der Waals surface area contributed by atoms with Gasteiger partial charge in [-0.25, -0.2) is 13.1 Å². The first-order valence-corrected chi connectivity index (χ1v) is 7.38. The van der Waals surface area contributed by atoms with Gasteiger partial charge in [0.05, 0.1) is 13.2 Å². The molecule has 0 radical (unpaired) electrons. The standard InChI is InChI=1S/C10H14N4O5S/c15-14(16)10-2-1-9(6-12-10)20(17,18)13-5-8-7-19-4-3-11-8/h1-2,6,8,11,13H,3-5,7H2. The van der Waals surface area contributed by atoms with E-state index in [9.17, 15) is 18.5 Å². The molecule has 0 bridgehead atoms. The summed E-state index contributed by atoms with van der Waals surface area (Å²) in [6.07, 6.45) is 0.964. The first-order chi connectivity index (χ1) is 9.49. The Morgan fingerprint density at radius 3 is 2.90 bits per heavy atom. The third-order valence-electron chi connectivity index (χ3n) is 2.74. The largest absolute Gasteiger partial charge is 0.378 e. The van der Waals surface area contributed by atoms with E-state index in [1.54, 1.807) is 0 Å². The summed E-state index contributed by atoms with van der Waals surface area (Å²) in [5.41, 5.74) is 0. The molecule has 1 atom stereocenters. The van der Waals surface area contributed by atoms with Gasteiger partial charge in [0.15, 0.2) is 6.20 Å². The molecule has 1 aromatic rings. The fraction of sp³-hybridized carbons (Fsp3) is 0.500. The number of morpholine rings is 1. The predicted octanol–water partition coefficient (Wildman–Crippen LogP) is -0.743. The Morgan fingerprint density at radius 2 is 2.35 bits per heavy atom. The van der Waals surface area contributed by atoms with Crippen molar-refractivity contribution in [2.45, 2.75) is 10.9 Å². The number of nitrogens with one attached hydrogen (secondary N) is 2. The third-order valence-corrected chi connectivity index (χ3v) is 4.15. The summed E-state index contributed by atoms with van der Waals surface area (Å²) < 4.78 is 31.6. The lowest BCUT2D eigenvalue weighted by molar-refractivity contribution is -0.389. The van der Waals surface area contributed by atoms with E-state index in [0.717, 1.165) is 18.3 Å². The normalized spacial score (nSPS) is 19.7. The lowest BCUT2D eigenvalue weighted by atomic mass is 10.3. The SMILES string of the molecule is O=[N+]([O-])c1ccc(S(=O)(=O)NCC2COCCN2)cn1. The highest BCUT2D eigenvalue weighted by Gasteiger charge is 2.20. The zero-order chi connectivity index (χ0) is 14.6. The van der Waals surface area contributed by atoms with E-state index in [0.29, 0.717) is 19.8 Å². The second-order valence-corrected chi connectivity index (χ2v) is 5.95. The highest BCUT2D eigenvalue weighted by Crippen LogP contribution is 2.12. The van der Waals surface area contributed by atoms with E-state index < -0.39 is 20.8 Å². The number of ether oxygens (including phenoxy) is 1. The Kier molecular flexibility index (Phi) is 4.60. The van der Waals surface area contributed by atoms with Gasteiger partial charge < -0.3 is 20.2 Å². The van der Waals surface area contributed by atoms with Crippen molar-refractivity contribution in [1.29, 1.82) is 0 Å². The summed E-state index contributed by atoms with van der Waals surface area (Å²) in [5.74, 6) is -0.397. The lowest BCUT2D eigenvalue weighted by Gasteiger charge is -2.23. The maximum atomic E-state index is 12.0. The molecule has 0 amide bonds. The van der Waals surface area contributed by atoms with Gasteiger partial charge in [-0.05, 0) is 16.0 Å². The second-order valence-electron chi connectivity index (χ2n) is 4.19. The van der Waals surface area contributed by atoms with Crippen molar-refractivity contribution in [1.82, 2.24) is 15.0 Å². The number of nitro groups is 1. The number of rotatable bonds is 5. The molecular weight excluding hydrogens is 288 g/mol. The fourth-order valence-electron chi connectivity index (χ4n) is 1.68. The van der Waals surface area contributed by atoms with E-state index in [4.69, 9.17) is 4.74 Å². The van der Waals surface area contributed by atoms with Crippen LogP contribution in [-0.4, -0.2) is 50.7 Å². The van der Waals surface area contributed by atoms with Gasteiger partial charge in [0.25, 0.3) is 0 Å². The molecule has 9 nitrogen and oxygen atoms in total. The van der Waals surface area contributed by atoms with Gasteiger partial charge in [-0.15, -0.1) is 0 Å². The molecule has 1 saturated heterocycles. The molecule has 110 valence electrons. The fourth-order valence-corrected chi connectivity index (χ4v) is 2.71. The molecule has 0 aliphatic carbocycles. The minimum absolute atomic E-state index is 0.0930. The van der Waals surface area contributed by atoms with Gasteiger partial charge in [0.1, 0.15) is 4.90 Å². The smallest absolute Gasteiger partial charge is 0.363 e. The molecule has 1 unspecified atom stereocenters. The minimum Gasteiger partial charge on any atom is -0.378 e. The van der Waals surface area contributed by atoms with Crippen LogP contribution in [0.25, 0.3) is 0 Å². The Balaban J connectivity index is 2.00. The number of hydrogen-bond donors (Lipinski definition) is 2. The molecule has 1 aromatic heterocycles. The van der Waals surface area contributed by atoms with Crippen LogP contribution in [0, 0.1) is 10.1 Å². The predicted molar refractivity (Wildman–Crippen MR) is 68.7 cm³/mol. The highest BCUT2D eigenvalue weighted by atomic mass is 32.2. The van der Waals surface area contributed by atoms with Gasteiger partial charge in [-0.2, -0.15) is 0 Å². The summed E-state index contributed by atoms with van der Waals surface area (Å²) in [7, 11) is -3.73. The van der Waals surface area contributed by atoms with Gasteiger partial charge in [0, 0.05) is 25.2 Å². The zero-order valence-electron chi connectivity index (χ0n) is 10.5. The highest BCUT2D eigenvalue weighted by molar-refractivity contribution is 7.89. The van der Waals surface area contributed by atoms with Gasteiger partial charge >= 0.3 is 5.82 Å². The summed E-state index contributed by atoms with van der Waals surface area (Å²) in [6, 6.07) is 2.11. The van der Waals surface area contributed by atoms with Crippen molar-refractivity contribution < 1.29 is 18.1 Å². The van der Waals surface area contributed by atoms with E-state index in [-0.39, 0.29) is 17.5 Å². The van der Waals surface area contributed by atoms with Crippen molar-refractivity contribution in [2.24, 2.45) is 0 Å². The van der Waals surface area contributed by atoms with Gasteiger partial charge in [-0.3, -0.25) is 0 Å². The van der Waals surface area contributed by atoms with E-state index in [1.807, 2.05) is 0 Å². The molecule has 0 spiro atoms. The van der Waals surface area contributed by atoms with Gasteiger partial charge in [0.2, 0.25) is 10.0 Å². The Bertz CT molecular complexity index is 568. The molecule has 1 fully saturated rings. The van der Waals surface area contributed by atoms with Crippen LogP contribution in [0.5, 0.6) is 0 Å². The van der Waals surface area contributed by atoms with Crippen molar-refractivity contribution >= 4 is 15.8 Å². The topological polar surface area (TPSA) is 123 Å². The Labute approximate surface area is 115 Å². The van der Waals surface area contributed by atoms with E-state index in [1.165, 1.54) is 0 Å². The maximum absolute atomic E-state index is 12.0. The molecule has 1 aliphatic heterocycles. The van der Waals surface area contributed by atoms with Crippen molar-refractivity contribution in [3.63, 3.8) is 0 Å². The van der Waals surface area contributed by atoms with Crippen LogP contribution in [0.3, 0.4) is 0 Å². The second kappa shape index (κ2) is 6.22. The average molecular weight is 302 g/mol. The molecule has 10 heteroatoms. The number of aromatic nitrogens is 1. The average Bonchev–Trinajstić information content (AvgIpc) is 2.46. The molecule has 0 aromatic carbocycles. The van der Waals surface area contributed by atoms with Crippen LogP contribution in [0.2, 0.25) is 0 Å². The molecule has 20 heavy (non-hydrogen) atoms. The number of sulfonamides is 1. The van der Waals surface area contributed by atoms with Crippen molar-refractivity contribution in [3.8, 4) is 0 Å². The first kappa shape index (κ1) is 14.8. The van der Waals surface area contributed by atoms with Crippen LogP contribution in [-0.2, 0) is 14.8 Å². The van der Waals surface area contributed by atoms with Crippen LogP contribution in [0.15, 0.2) is 23.2 Å². The van der Waals surface area contributed by atoms with Crippen LogP contribution >= 0.6 is 0 Å². The molecule has 2 rings (SSSR count). The monoisotopic (exact) mass is 302 g/mol. The molecule has 2 heterocycles. The molecule has 0 saturated carbocycles. The summed E-state index contributed by atoms with van der Waals surface area (Å²) in [4.78, 5) is 13.1. The minimum atomic E-state index is -3.73. The van der Waals surface area contributed by atoms with Crippen LogP contribution in [0.1, 0.15) is 0 Å². The maximum Gasteiger partial charge on any atom is 0.363 e.